The molecule has 1 radical (unpaired) electrons. The second kappa shape index (κ2) is 11.0. The minimum Gasteiger partial charge on any atom is -0.237 e. The van der Waals surface area contributed by atoms with Crippen LogP contribution in [0.2, 0.25) is 0 Å². The minimum atomic E-state index is 0.128. The quantitative estimate of drug-likeness (QED) is 0.459. The molecule has 0 spiro atoms. The van der Waals surface area contributed by atoms with Gasteiger partial charge >= 0.3 is 0 Å². The standard InChI is InChI=1S/C13H27O/c1-3-5-7-9-13(11-12-14)10-8-6-4-2/h13H,3-12H2,1-2H3. The highest BCUT2D eigenvalue weighted by Gasteiger charge is 2.07. The summed E-state index contributed by atoms with van der Waals surface area (Å²) in [6.45, 7) is 4.60. The SMILES string of the molecule is CCCCCC(CC[O])CCCCC. The summed E-state index contributed by atoms with van der Waals surface area (Å²) in [4.78, 5) is 0. The fraction of sp³-hybridized carbons (Fsp3) is 1.00. The smallest absolute Gasteiger partial charge is 0.0825 e. The van der Waals surface area contributed by atoms with Gasteiger partial charge in [-0.2, -0.15) is 0 Å². The van der Waals surface area contributed by atoms with Crippen molar-refractivity contribution in [3.63, 3.8) is 0 Å². The third-order valence-corrected chi connectivity index (χ3v) is 2.96. The van der Waals surface area contributed by atoms with Gasteiger partial charge in [-0.05, 0) is 12.3 Å². The van der Waals surface area contributed by atoms with E-state index in [2.05, 4.69) is 13.8 Å². The Morgan fingerprint density at radius 3 is 1.64 bits per heavy atom. The third-order valence-electron chi connectivity index (χ3n) is 2.96. The highest BCUT2D eigenvalue weighted by atomic mass is 16.3. The van der Waals surface area contributed by atoms with E-state index in [0.717, 1.165) is 12.3 Å². The van der Waals surface area contributed by atoms with Gasteiger partial charge in [0, 0.05) is 0 Å². The van der Waals surface area contributed by atoms with Crippen molar-refractivity contribution in [3.8, 4) is 0 Å². The molecule has 14 heavy (non-hydrogen) atoms. The lowest BCUT2D eigenvalue weighted by Gasteiger charge is -2.14. The Labute approximate surface area is 89.9 Å². The average Bonchev–Trinajstić information content (AvgIpc) is 2.18. The van der Waals surface area contributed by atoms with E-state index in [1.54, 1.807) is 0 Å². The second-order valence-corrected chi connectivity index (χ2v) is 4.35. The van der Waals surface area contributed by atoms with Gasteiger partial charge in [0.1, 0.15) is 0 Å². The predicted molar refractivity (Wildman–Crippen MR) is 61.9 cm³/mol. The first-order valence-electron chi connectivity index (χ1n) is 6.43. The molecular formula is C13H27O. The van der Waals surface area contributed by atoms with Crippen LogP contribution in [0, 0.1) is 5.92 Å². The van der Waals surface area contributed by atoms with E-state index >= 15 is 0 Å². The molecule has 0 rings (SSSR count). The lowest BCUT2D eigenvalue weighted by atomic mass is 9.92. The Morgan fingerprint density at radius 1 is 0.786 bits per heavy atom. The van der Waals surface area contributed by atoms with Crippen LogP contribution in [0.4, 0.5) is 0 Å². The second-order valence-electron chi connectivity index (χ2n) is 4.35. The van der Waals surface area contributed by atoms with Crippen molar-refractivity contribution in [1.29, 1.82) is 0 Å². The van der Waals surface area contributed by atoms with Crippen LogP contribution in [-0.2, 0) is 5.11 Å². The van der Waals surface area contributed by atoms with Gasteiger partial charge < -0.3 is 0 Å². The van der Waals surface area contributed by atoms with Crippen molar-refractivity contribution in [2.24, 2.45) is 5.92 Å². The first-order valence-corrected chi connectivity index (χ1v) is 6.43. The van der Waals surface area contributed by atoms with Gasteiger partial charge in [-0.15, -0.1) is 0 Å². The molecular weight excluding hydrogens is 172 g/mol. The van der Waals surface area contributed by atoms with Crippen LogP contribution in [0.1, 0.15) is 71.6 Å². The molecule has 0 aliphatic carbocycles. The van der Waals surface area contributed by atoms with E-state index in [9.17, 15) is 5.11 Å². The summed E-state index contributed by atoms with van der Waals surface area (Å²) in [6, 6.07) is 0. The third kappa shape index (κ3) is 8.55. The van der Waals surface area contributed by atoms with Crippen molar-refractivity contribution in [2.45, 2.75) is 71.6 Å². The fourth-order valence-corrected chi connectivity index (χ4v) is 1.97. The maximum atomic E-state index is 10.6. The van der Waals surface area contributed by atoms with Gasteiger partial charge in [0.2, 0.25) is 0 Å². The topological polar surface area (TPSA) is 19.9 Å². The summed E-state index contributed by atoms with van der Waals surface area (Å²) in [5, 5.41) is 10.6. The fourth-order valence-electron chi connectivity index (χ4n) is 1.97. The lowest BCUT2D eigenvalue weighted by molar-refractivity contribution is 0.163. The van der Waals surface area contributed by atoms with Crippen LogP contribution >= 0.6 is 0 Å². The van der Waals surface area contributed by atoms with E-state index in [-0.39, 0.29) is 6.61 Å². The van der Waals surface area contributed by atoms with Gasteiger partial charge in [0.05, 0.1) is 6.61 Å². The first kappa shape index (κ1) is 14.0. The lowest BCUT2D eigenvalue weighted by Crippen LogP contribution is -2.03. The molecule has 0 aliphatic heterocycles. The maximum absolute atomic E-state index is 10.6. The van der Waals surface area contributed by atoms with Crippen molar-refractivity contribution in [1.82, 2.24) is 0 Å². The molecule has 0 amide bonds. The van der Waals surface area contributed by atoms with Crippen LogP contribution in [0.5, 0.6) is 0 Å². The first-order chi connectivity index (χ1) is 6.85. The van der Waals surface area contributed by atoms with E-state index in [0.29, 0.717) is 0 Å². The number of hydrogen-bond acceptors (Lipinski definition) is 0. The predicted octanol–water partition coefficient (Wildman–Crippen LogP) is 4.58. The summed E-state index contributed by atoms with van der Waals surface area (Å²) < 4.78 is 0. The Kier molecular flexibility index (Phi) is 11.0. The molecule has 0 bridgehead atoms. The zero-order valence-corrected chi connectivity index (χ0v) is 10.1. The normalized spacial score (nSPS) is 11.1. The van der Waals surface area contributed by atoms with Crippen LogP contribution in [-0.4, -0.2) is 6.61 Å². The summed E-state index contributed by atoms with van der Waals surface area (Å²) in [5.74, 6) is 0.727. The molecule has 85 valence electrons. The van der Waals surface area contributed by atoms with Crippen molar-refractivity contribution >= 4 is 0 Å². The highest BCUT2D eigenvalue weighted by molar-refractivity contribution is 4.59. The van der Waals surface area contributed by atoms with E-state index in [1.807, 2.05) is 0 Å². The van der Waals surface area contributed by atoms with Gasteiger partial charge in [0.25, 0.3) is 0 Å². The Hall–Kier alpha value is -0.0400. The van der Waals surface area contributed by atoms with Crippen LogP contribution < -0.4 is 0 Å². The van der Waals surface area contributed by atoms with E-state index < -0.39 is 0 Å². The Morgan fingerprint density at radius 2 is 1.29 bits per heavy atom. The summed E-state index contributed by atoms with van der Waals surface area (Å²) in [7, 11) is 0. The van der Waals surface area contributed by atoms with Crippen molar-refractivity contribution < 1.29 is 5.11 Å². The molecule has 0 saturated heterocycles. The molecule has 1 heteroatoms. The molecule has 0 heterocycles. The zero-order chi connectivity index (χ0) is 10.6. The highest BCUT2D eigenvalue weighted by Crippen LogP contribution is 2.20. The molecule has 0 unspecified atom stereocenters. The molecule has 0 atom stereocenters. The molecule has 0 fully saturated rings. The number of rotatable bonds is 10. The van der Waals surface area contributed by atoms with Gasteiger partial charge in [-0.1, -0.05) is 65.2 Å². The molecule has 0 saturated carbocycles. The zero-order valence-electron chi connectivity index (χ0n) is 10.1. The van der Waals surface area contributed by atoms with Gasteiger partial charge in [-0.3, -0.25) is 0 Å². The van der Waals surface area contributed by atoms with Crippen LogP contribution in [0.15, 0.2) is 0 Å². The summed E-state index contributed by atoms with van der Waals surface area (Å²) in [6.07, 6.45) is 11.4. The van der Waals surface area contributed by atoms with E-state index in [1.165, 1.54) is 51.4 Å². The van der Waals surface area contributed by atoms with E-state index in [4.69, 9.17) is 0 Å². The molecule has 0 aromatic rings. The summed E-state index contributed by atoms with van der Waals surface area (Å²) >= 11 is 0. The van der Waals surface area contributed by atoms with Gasteiger partial charge in [-0.25, -0.2) is 5.11 Å². The number of unbranched alkanes of at least 4 members (excludes halogenated alkanes) is 4. The Bertz CT molecular complexity index is 91.4. The largest absolute Gasteiger partial charge is 0.237 e. The Balaban J connectivity index is 3.44. The summed E-state index contributed by atoms with van der Waals surface area (Å²) in [5.41, 5.74) is 0. The molecule has 0 aromatic carbocycles. The van der Waals surface area contributed by atoms with Crippen molar-refractivity contribution in [2.75, 3.05) is 6.61 Å². The minimum absolute atomic E-state index is 0.128. The monoisotopic (exact) mass is 199 g/mol. The molecule has 0 aromatic heterocycles. The van der Waals surface area contributed by atoms with Gasteiger partial charge in [0.15, 0.2) is 0 Å². The molecule has 0 N–H and O–H groups in total. The maximum Gasteiger partial charge on any atom is 0.0825 e. The molecule has 0 aliphatic rings. The number of hydrogen-bond donors (Lipinski definition) is 0. The van der Waals surface area contributed by atoms with Crippen LogP contribution in [0.25, 0.3) is 0 Å². The van der Waals surface area contributed by atoms with Crippen LogP contribution in [0.3, 0.4) is 0 Å². The average molecular weight is 199 g/mol. The van der Waals surface area contributed by atoms with Crippen molar-refractivity contribution in [3.05, 3.63) is 0 Å². The molecule has 1 nitrogen and oxygen atoms in total.